The number of aromatic nitrogens is 1. The Balaban J connectivity index is 1.77. The van der Waals surface area contributed by atoms with Crippen molar-refractivity contribution in [2.75, 3.05) is 5.32 Å². The summed E-state index contributed by atoms with van der Waals surface area (Å²) in [6.07, 6.45) is 0. The lowest BCUT2D eigenvalue weighted by Gasteiger charge is -2.07. The third-order valence-electron chi connectivity index (χ3n) is 2.98. The zero-order chi connectivity index (χ0) is 14.1. The van der Waals surface area contributed by atoms with Gasteiger partial charge in [0.15, 0.2) is 0 Å². The lowest BCUT2D eigenvalue weighted by atomic mass is 10.2. The Hall–Kier alpha value is -1.10. The molecule has 0 saturated carbocycles. The molecule has 20 heavy (non-hydrogen) atoms. The van der Waals surface area contributed by atoms with E-state index in [1.807, 2.05) is 19.1 Å². The second-order valence-corrected chi connectivity index (χ2v) is 7.01. The van der Waals surface area contributed by atoms with Crippen LogP contribution in [0.25, 0.3) is 10.2 Å². The number of thiazole rings is 1. The highest BCUT2D eigenvalue weighted by atomic mass is 79.9. The Kier molecular flexibility index (Phi) is 3.96. The highest BCUT2D eigenvalue weighted by molar-refractivity contribution is 9.10. The third kappa shape index (κ3) is 2.97. The van der Waals surface area contributed by atoms with Crippen molar-refractivity contribution < 1.29 is 0 Å². The average molecular weight is 368 g/mol. The molecular formula is C15H12BrClN2S. The molecule has 2 nitrogen and oxygen atoms in total. The number of hydrogen-bond acceptors (Lipinski definition) is 3. The summed E-state index contributed by atoms with van der Waals surface area (Å²) >= 11 is 11.2. The van der Waals surface area contributed by atoms with E-state index in [9.17, 15) is 0 Å². The maximum atomic E-state index is 6.10. The Bertz CT molecular complexity index is 770. The molecule has 0 unspecified atom stereocenters. The Morgan fingerprint density at radius 1 is 1.25 bits per heavy atom. The molecule has 0 fully saturated rings. The highest BCUT2D eigenvalue weighted by Gasteiger charge is 2.03. The van der Waals surface area contributed by atoms with Crippen LogP contribution in [0.4, 0.5) is 5.69 Å². The van der Waals surface area contributed by atoms with Crippen LogP contribution in [0, 0.1) is 6.92 Å². The summed E-state index contributed by atoms with van der Waals surface area (Å²) in [7, 11) is 0. The number of hydrogen-bond donors (Lipinski definition) is 1. The maximum absolute atomic E-state index is 6.10. The number of nitrogens with zero attached hydrogens (tertiary/aromatic N) is 1. The van der Waals surface area contributed by atoms with Gasteiger partial charge in [-0.2, -0.15) is 0 Å². The fourth-order valence-corrected chi connectivity index (χ4v) is 3.32. The Morgan fingerprint density at radius 3 is 2.90 bits per heavy atom. The first-order valence-electron chi connectivity index (χ1n) is 6.17. The molecular weight excluding hydrogens is 356 g/mol. The van der Waals surface area contributed by atoms with Crippen LogP contribution in [0.1, 0.15) is 10.6 Å². The van der Waals surface area contributed by atoms with E-state index >= 15 is 0 Å². The van der Waals surface area contributed by atoms with E-state index in [4.69, 9.17) is 11.6 Å². The van der Waals surface area contributed by atoms with E-state index in [1.54, 1.807) is 11.3 Å². The van der Waals surface area contributed by atoms with E-state index in [2.05, 4.69) is 50.5 Å². The molecule has 3 aromatic rings. The van der Waals surface area contributed by atoms with E-state index < -0.39 is 0 Å². The molecule has 0 aliphatic carbocycles. The summed E-state index contributed by atoms with van der Waals surface area (Å²) in [4.78, 5) is 4.46. The van der Waals surface area contributed by atoms with Crippen LogP contribution in [0.15, 0.2) is 40.9 Å². The van der Waals surface area contributed by atoms with Gasteiger partial charge in [0, 0.05) is 16.7 Å². The third-order valence-corrected chi connectivity index (χ3v) is 5.14. The molecule has 1 N–H and O–H groups in total. The molecule has 0 atom stereocenters. The first-order valence-corrected chi connectivity index (χ1v) is 8.15. The first-order chi connectivity index (χ1) is 9.61. The number of rotatable bonds is 3. The van der Waals surface area contributed by atoms with Gasteiger partial charge < -0.3 is 5.32 Å². The molecule has 0 spiro atoms. The monoisotopic (exact) mass is 366 g/mol. The van der Waals surface area contributed by atoms with Crippen LogP contribution >= 0.6 is 38.9 Å². The fourth-order valence-electron chi connectivity index (χ4n) is 2.00. The van der Waals surface area contributed by atoms with E-state index in [0.717, 1.165) is 37.8 Å². The summed E-state index contributed by atoms with van der Waals surface area (Å²) in [5, 5.41) is 5.24. The van der Waals surface area contributed by atoms with E-state index in [1.165, 1.54) is 4.70 Å². The standard InChI is InChI=1S/C15H12BrClN2S/c1-9-19-14-5-3-11(7-15(14)20-9)18-8-10-2-4-12(16)13(17)6-10/h2-7,18H,8H2,1H3. The van der Waals surface area contributed by atoms with Crippen molar-refractivity contribution >= 4 is 54.8 Å². The lowest BCUT2D eigenvalue weighted by Crippen LogP contribution is -1.99. The number of halogens is 2. The summed E-state index contributed by atoms with van der Waals surface area (Å²) < 4.78 is 2.13. The normalized spacial score (nSPS) is 10.9. The second-order valence-electron chi connectivity index (χ2n) is 4.52. The van der Waals surface area contributed by atoms with Gasteiger partial charge in [-0.3, -0.25) is 0 Å². The van der Waals surface area contributed by atoms with Gasteiger partial charge in [-0.15, -0.1) is 11.3 Å². The minimum absolute atomic E-state index is 0.734. The molecule has 0 saturated heterocycles. The predicted octanol–water partition coefficient (Wildman–Crippen LogP) is 5.63. The molecule has 1 heterocycles. The lowest BCUT2D eigenvalue weighted by molar-refractivity contribution is 1.15. The van der Waals surface area contributed by atoms with Crippen LogP contribution in [0.5, 0.6) is 0 Å². The number of benzene rings is 2. The molecule has 5 heteroatoms. The van der Waals surface area contributed by atoms with Crippen molar-refractivity contribution in [1.29, 1.82) is 0 Å². The molecule has 0 amide bonds. The Morgan fingerprint density at radius 2 is 2.10 bits per heavy atom. The number of aryl methyl sites for hydroxylation is 1. The second kappa shape index (κ2) is 5.72. The van der Waals surface area contributed by atoms with E-state index in [-0.39, 0.29) is 0 Å². The van der Waals surface area contributed by atoms with Crippen LogP contribution in [-0.2, 0) is 6.54 Å². The van der Waals surface area contributed by atoms with Gasteiger partial charge in [0.1, 0.15) is 0 Å². The minimum Gasteiger partial charge on any atom is -0.381 e. The van der Waals surface area contributed by atoms with Crippen molar-refractivity contribution in [2.24, 2.45) is 0 Å². The topological polar surface area (TPSA) is 24.9 Å². The first kappa shape index (κ1) is 13.9. The van der Waals surface area contributed by atoms with Crippen LogP contribution in [0.3, 0.4) is 0 Å². The van der Waals surface area contributed by atoms with Gasteiger partial charge in [0.05, 0.1) is 20.2 Å². The SMILES string of the molecule is Cc1nc2ccc(NCc3ccc(Br)c(Cl)c3)cc2s1. The average Bonchev–Trinajstić information content (AvgIpc) is 2.79. The predicted molar refractivity (Wildman–Crippen MR) is 90.8 cm³/mol. The van der Waals surface area contributed by atoms with Gasteiger partial charge in [-0.05, 0) is 58.7 Å². The maximum Gasteiger partial charge on any atom is 0.0907 e. The summed E-state index contributed by atoms with van der Waals surface area (Å²) in [5.74, 6) is 0. The molecule has 0 radical (unpaired) electrons. The quantitative estimate of drug-likeness (QED) is 0.648. The smallest absolute Gasteiger partial charge is 0.0907 e. The van der Waals surface area contributed by atoms with Crippen LogP contribution in [-0.4, -0.2) is 4.98 Å². The van der Waals surface area contributed by atoms with Crippen LogP contribution < -0.4 is 5.32 Å². The largest absolute Gasteiger partial charge is 0.381 e. The molecule has 102 valence electrons. The highest BCUT2D eigenvalue weighted by Crippen LogP contribution is 2.26. The zero-order valence-electron chi connectivity index (χ0n) is 10.8. The van der Waals surface area contributed by atoms with Crippen molar-refractivity contribution in [1.82, 2.24) is 4.98 Å². The number of nitrogens with one attached hydrogen (secondary N) is 1. The Labute approximate surface area is 134 Å². The molecule has 1 aromatic heterocycles. The van der Waals surface area contributed by atoms with Crippen molar-refractivity contribution in [3.05, 3.63) is 56.5 Å². The van der Waals surface area contributed by atoms with E-state index in [0.29, 0.717) is 0 Å². The van der Waals surface area contributed by atoms with Gasteiger partial charge in [-0.1, -0.05) is 17.7 Å². The van der Waals surface area contributed by atoms with Gasteiger partial charge in [0.25, 0.3) is 0 Å². The van der Waals surface area contributed by atoms with Gasteiger partial charge in [0.2, 0.25) is 0 Å². The minimum atomic E-state index is 0.734. The molecule has 2 aromatic carbocycles. The zero-order valence-corrected chi connectivity index (χ0v) is 13.9. The van der Waals surface area contributed by atoms with Crippen molar-refractivity contribution in [3.8, 4) is 0 Å². The number of anilines is 1. The van der Waals surface area contributed by atoms with Crippen LogP contribution in [0.2, 0.25) is 5.02 Å². The fraction of sp³-hybridized carbons (Fsp3) is 0.133. The van der Waals surface area contributed by atoms with Crippen molar-refractivity contribution in [2.45, 2.75) is 13.5 Å². The summed E-state index contributed by atoms with van der Waals surface area (Å²) in [5.41, 5.74) is 3.31. The van der Waals surface area contributed by atoms with Gasteiger partial charge in [-0.25, -0.2) is 4.98 Å². The summed E-state index contributed by atoms with van der Waals surface area (Å²) in [6, 6.07) is 12.2. The van der Waals surface area contributed by atoms with Crippen molar-refractivity contribution in [3.63, 3.8) is 0 Å². The molecule has 0 aliphatic rings. The summed E-state index contributed by atoms with van der Waals surface area (Å²) in [6.45, 7) is 2.78. The molecule has 0 aliphatic heterocycles. The number of fused-ring (bicyclic) bond motifs is 1. The molecule has 3 rings (SSSR count). The van der Waals surface area contributed by atoms with Gasteiger partial charge >= 0.3 is 0 Å². The molecule has 0 bridgehead atoms.